The number of aromatic nitrogens is 3. The fraction of sp³-hybridized carbons (Fsp3) is 0.229. The lowest BCUT2D eigenvalue weighted by Crippen LogP contribution is -2.21. The Morgan fingerprint density at radius 3 is 1.82 bits per heavy atom. The summed E-state index contributed by atoms with van der Waals surface area (Å²) in [6.45, 7) is 10.2. The summed E-state index contributed by atoms with van der Waals surface area (Å²) in [5.41, 5.74) is 2.85. The summed E-state index contributed by atoms with van der Waals surface area (Å²) in [6, 6.07) is 21.0. The lowest BCUT2D eigenvalue weighted by Gasteiger charge is -2.22. The predicted molar refractivity (Wildman–Crippen MR) is 187 cm³/mol. The zero-order valence-corrected chi connectivity index (χ0v) is 27.5. The van der Waals surface area contributed by atoms with Crippen LogP contribution < -0.4 is 19.7 Å². The van der Waals surface area contributed by atoms with Gasteiger partial charge < -0.3 is 29.9 Å². The Morgan fingerprint density at radius 2 is 1.33 bits per heavy atom. The van der Waals surface area contributed by atoms with Crippen molar-refractivity contribution in [3.63, 3.8) is 0 Å². The number of nitro groups is 1. The maximum absolute atomic E-state index is 11.1. The van der Waals surface area contributed by atoms with E-state index in [4.69, 9.17) is 9.47 Å². The minimum absolute atomic E-state index is 0.0524. The van der Waals surface area contributed by atoms with Crippen LogP contribution in [-0.4, -0.2) is 56.4 Å². The Bertz CT molecular complexity index is 1890. The number of aromatic hydroxyl groups is 2. The molecule has 5 aromatic rings. The molecule has 0 atom stereocenters. The van der Waals surface area contributed by atoms with E-state index < -0.39 is 4.92 Å². The van der Waals surface area contributed by atoms with Gasteiger partial charge in [0.1, 0.15) is 28.7 Å². The second-order valence-electron chi connectivity index (χ2n) is 10.5. The van der Waals surface area contributed by atoms with Crippen molar-refractivity contribution >= 4 is 34.4 Å². The molecule has 0 amide bonds. The number of hydrogen-bond donors (Lipinski definition) is 3. The third-order valence-corrected chi connectivity index (χ3v) is 7.37. The number of hydrogen-bond acceptors (Lipinski definition) is 13. The Labute approximate surface area is 282 Å². The number of non-ortho nitro benzene ring substituents is 1. The first-order valence-corrected chi connectivity index (χ1v) is 15.7. The number of anilines is 3. The number of phenols is 2. The summed E-state index contributed by atoms with van der Waals surface area (Å²) >= 11 is 0. The lowest BCUT2D eigenvalue weighted by molar-refractivity contribution is -0.384. The molecule has 0 bridgehead atoms. The van der Waals surface area contributed by atoms with E-state index in [1.54, 1.807) is 30.3 Å². The maximum atomic E-state index is 11.1. The molecule has 14 heteroatoms. The SMILES string of the molecule is CCOc1ccc(-c2nc(Nc3cc(N(CC)CC)ccc3N=Nc3ccc([N+](=O)[O-])cc3)nc(-c3ccc(OCC)cc3O)n2)c(O)c1. The van der Waals surface area contributed by atoms with E-state index in [1.165, 1.54) is 36.4 Å². The average Bonchev–Trinajstić information content (AvgIpc) is 3.09. The number of phenolic OH excluding ortho intramolecular Hbond substituents is 2. The number of ether oxygens (including phenoxy) is 2. The molecule has 252 valence electrons. The van der Waals surface area contributed by atoms with Gasteiger partial charge in [-0.1, -0.05) is 0 Å². The van der Waals surface area contributed by atoms with Crippen molar-refractivity contribution in [2.24, 2.45) is 10.2 Å². The molecular weight excluding hydrogens is 628 g/mol. The fourth-order valence-electron chi connectivity index (χ4n) is 4.96. The van der Waals surface area contributed by atoms with Gasteiger partial charge in [-0.25, -0.2) is 4.98 Å². The van der Waals surface area contributed by atoms with E-state index in [0.717, 1.165) is 18.8 Å². The first kappa shape index (κ1) is 34.0. The highest BCUT2D eigenvalue weighted by atomic mass is 16.6. The Hall–Kier alpha value is -6.31. The van der Waals surface area contributed by atoms with Gasteiger partial charge in [0.05, 0.1) is 40.6 Å². The number of nitrogens with one attached hydrogen (secondary N) is 1. The minimum atomic E-state index is -0.480. The molecule has 0 spiro atoms. The Kier molecular flexibility index (Phi) is 10.8. The number of rotatable bonds is 14. The molecule has 0 fully saturated rings. The second kappa shape index (κ2) is 15.5. The van der Waals surface area contributed by atoms with Gasteiger partial charge in [-0.3, -0.25) is 10.1 Å². The van der Waals surface area contributed by atoms with Crippen molar-refractivity contribution in [2.45, 2.75) is 27.7 Å². The van der Waals surface area contributed by atoms with Crippen molar-refractivity contribution in [1.82, 2.24) is 15.0 Å². The monoisotopic (exact) mass is 664 g/mol. The van der Waals surface area contributed by atoms with Crippen LogP contribution in [0.5, 0.6) is 23.0 Å². The average molecular weight is 665 g/mol. The lowest BCUT2D eigenvalue weighted by atomic mass is 10.1. The van der Waals surface area contributed by atoms with Crippen LogP contribution in [0.25, 0.3) is 22.8 Å². The van der Waals surface area contributed by atoms with Crippen molar-refractivity contribution < 1.29 is 24.6 Å². The summed E-state index contributed by atoms with van der Waals surface area (Å²) in [5.74, 6) is 1.13. The van der Waals surface area contributed by atoms with E-state index >= 15 is 0 Å². The molecule has 0 unspecified atom stereocenters. The highest BCUT2D eigenvalue weighted by molar-refractivity contribution is 5.77. The number of nitro benzene ring substituents is 1. The van der Waals surface area contributed by atoms with E-state index in [-0.39, 0.29) is 34.8 Å². The van der Waals surface area contributed by atoms with Gasteiger partial charge in [0, 0.05) is 43.0 Å². The topological polar surface area (TPSA) is 181 Å². The predicted octanol–water partition coefficient (Wildman–Crippen LogP) is 8.33. The fourth-order valence-corrected chi connectivity index (χ4v) is 4.96. The molecule has 0 aliphatic heterocycles. The third-order valence-electron chi connectivity index (χ3n) is 7.37. The van der Waals surface area contributed by atoms with Crippen LogP contribution in [0, 0.1) is 10.1 Å². The standard InChI is InChI=1S/C35H36N8O6/c1-5-42(6-2)24-13-18-29(41-40-22-9-11-23(12-10-22)43(46)47)30(19-24)36-35-38-33(27-16-14-25(48-7-3)20-31(27)44)37-34(39-35)28-17-15-26(49-8-4)21-32(28)45/h9-21,44-45H,5-8H2,1-4H3,(H,36,37,38,39). The molecular formula is C35H36N8O6. The van der Waals surface area contributed by atoms with Gasteiger partial charge in [0.15, 0.2) is 11.6 Å². The van der Waals surface area contributed by atoms with Gasteiger partial charge in [-0.15, -0.1) is 5.11 Å². The van der Waals surface area contributed by atoms with Gasteiger partial charge in [0.25, 0.3) is 5.69 Å². The summed E-state index contributed by atoms with van der Waals surface area (Å²) < 4.78 is 11.1. The molecule has 49 heavy (non-hydrogen) atoms. The van der Waals surface area contributed by atoms with Crippen molar-refractivity contribution in [3.8, 4) is 45.8 Å². The largest absolute Gasteiger partial charge is 0.507 e. The third kappa shape index (κ3) is 8.16. The highest BCUT2D eigenvalue weighted by Crippen LogP contribution is 2.37. The quantitative estimate of drug-likeness (QED) is 0.0590. The van der Waals surface area contributed by atoms with Crippen molar-refractivity contribution in [3.05, 3.63) is 89.0 Å². The summed E-state index contributed by atoms with van der Waals surface area (Å²) in [4.78, 5) is 26.7. The minimum Gasteiger partial charge on any atom is -0.507 e. The molecule has 5 rings (SSSR count). The van der Waals surface area contributed by atoms with Crippen LogP contribution in [0.4, 0.5) is 34.4 Å². The first-order chi connectivity index (χ1) is 23.7. The maximum Gasteiger partial charge on any atom is 0.269 e. The summed E-state index contributed by atoms with van der Waals surface area (Å²) in [5, 5.41) is 45.0. The number of benzene rings is 4. The van der Waals surface area contributed by atoms with E-state index in [9.17, 15) is 20.3 Å². The molecule has 3 N–H and O–H groups in total. The molecule has 1 aromatic heterocycles. The van der Waals surface area contributed by atoms with E-state index in [2.05, 4.69) is 49.2 Å². The van der Waals surface area contributed by atoms with E-state index in [1.807, 2.05) is 26.0 Å². The van der Waals surface area contributed by atoms with Crippen molar-refractivity contribution in [1.29, 1.82) is 0 Å². The molecule has 14 nitrogen and oxygen atoms in total. The van der Waals surface area contributed by atoms with Crippen LogP contribution in [0.15, 0.2) is 89.1 Å². The first-order valence-electron chi connectivity index (χ1n) is 15.7. The van der Waals surface area contributed by atoms with Gasteiger partial charge >= 0.3 is 0 Å². The van der Waals surface area contributed by atoms with Gasteiger partial charge in [0.2, 0.25) is 5.95 Å². The molecule has 0 radical (unpaired) electrons. The molecule has 0 saturated carbocycles. The molecule has 0 aliphatic carbocycles. The Balaban J connectivity index is 1.62. The van der Waals surface area contributed by atoms with Crippen LogP contribution in [0.1, 0.15) is 27.7 Å². The molecule has 0 saturated heterocycles. The normalized spacial score (nSPS) is 11.0. The smallest absolute Gasteiger partial charge is 0.269 e. The van der Waals surface area contributed by atoms with Crippen LogP contribution in [-0.2, 0) is 0 Å². The molecule has 4 aromatic carbocycles. The molecule has 0 aliphatic rings. The highest BCUT2D eigenvalue weighted by Gasteiger charge is 2.18. The molecule has 1 heterocycles. The summed E-state index contributed by atoms with van der Waals surface area (Å²) in [6.07, 6.45) is 0. The second-order valence-corrected chi connectivity index (χ2v) is 10.5. The van der Waals surface area contributed by atoms with Crippen LogP contribution in [0.2, 0.25) is 0 Å². The number of nitrogens with zero attached hydrogens (tertiary/aromatic N) is 7. The van der Waals surface area contributed by atoms with Crippen LogP contribution >= 0.6 is 0 Å². The van der Waals surface area contributed by atoms with Crippen LogP contribution in [0.3, 0.4) is 0 Å². The number of azo groups is 1. The Morgan fingerprint density at radius 1 is 0.755 bits per heavy atom. The van der Waals surface area contributed by atoms with Gasteiger partial charge in [-0.2, -0.15) is 15.1 Å². The van der Waals surface area contributed by atoms with Gasteiger partial charge in [-0.05, 0) is 82.3 Å². The summed E-state index contributed by atoms with van der Waals surface area (Å²) in [7, 11) is 0. The van der Waals surface area contributed by atoms with E-state index in [0.29, 0.717) is 52.9 Å². The zero-order chi connectivity index (χ0) is 34.9. The van der Waals surface area contributed by atoms with Crippen molar-refractivity contribution in [2.75, 3.05) is 36.5 Å². The zero-order valence-electron chi connectivity index (χ0n) is 27.5.